The number of rotatable bonds is 5. The molecule has 7 heteroatoms. The van der Waals surface area contributed by atoms with Crippen LogP contribution in [0.3, 0.4) is 0 Å². The van der Waals surface area contributed by atoms with Crippen molar-refractivity contribution in [2.24, 2.45) is 0 Å². The van der Waals surface area contributed by atoms with Crippen molar-refractivity contribution in [1.29, 1.82) is 0 Å². The molecule has 3 N–H and O–H groups in total. The molecule has 1 aliphatic rings. The Balaban J connectivity index is 1.76. The van der Waals surface area contributed by atoms with E-state index < -0.39 is 11.7 Å². The Morgan fingerprint density at radius 3 is 2.95 bits per heavy atom. The highest BCUT2D eigenvalue weighted by atomic mass is 79.9. The van der Waals surface area contributed by atoms with Crippen molar-refractivity contribution in [3.8, 4) is 0 Å². The fourth-order valence-corrected chi connectivity index (χ4v) is 2.56. The van der Waals surface area contributed by atoms with Gasteiger partial charge in [-0.2, -0.15) is 0 Å². The van der Waals surface area contributed by atoms with Gasteiger partial charge in [-0.1, -0.05) is 0 Å². The molecule has 1 aliphatic heterocycles. The quantitative estimate of drug-likeness (QED) is 0.741. The molecular formula is C14H17BrFN3O2. The maximum atomic E-state index is 13.1. The molecule has 1 atom stereocenters. The second-order valence-electron chi connectivity index (χ2n) is 4.89. The molecule has 0 saturated carbocycles. The summed E-state index contributed by atoms with van der Waals surface area (Å²) >= 11 is 3.20. The molecule has 114 valence electrons. The fourth-order valence-electron chi connectivity index (χ4n) is 2.13. The van der Waals surface area contributed by atoms with Crippen molar-refractivity contribution in [3.05, 3.63) is 34.1 Å². The van der Waals surface area contributed by atoms with E-state index in [-0.39, 0.29) is 30.5 Å². The minimum Gasteiger partial charge on any atom is -0.352 e. The molecule has 0 bridgehead atoms. The zero-order valence-corrected chi connectivity index (χ0v) is 13.0. The zero-order valence-electron chi connectivity index (χ0n) is 11.4. The first-order valence-electron chi connectivity index (χ1n) is 6.79. The second-order valence-corrected chi connectivity index (χ2v) is 5.74. The van der Waals surface area contributed by atoms with Gasteiger partial charge in [0.1, 0.15) is 5.82 Å². The van der Waals surface area contributed by atoms with Crippen LogP contribution in [0.25, 0.3) is 0 Å². The summed E-state index contributed by atoms with van der Waals surface area (Å²) in [4.78, 5) is 23.6. The third kappa shape index (κ3) is 4.78. The van der Waals surface area contributed by atoms with Crippen LogP contribution >= 0.6 is 15.9 Å². The molecule has 0 aromatic heterocycles. The average molecular weight is 358 g/mol. The zero-order chi connectivity index (χ0) is 15.2. The van der Waals surface area contributed by atoms with Crippen LogP contribution < -0.4 is 16.0 Å². The lowest BCUT2D eigenvalue weighted by Crippen LogP contribution is -2.38. The minimum atomic E-state index is -0.477. The molecule has 2 rings (SSSR count). The number of amides is 2. The number of benzene rings is 1. The monoisotopic (exact) mass is 357 g/mol. The van der Waals surface area contributed by atoms with Crippen LogP contribution in [0.15, 0.2) is 22.7 Å². The van der Waals surface area contributed by atoms with Crippen LogP contribution in [0.2, 0.25) is 0 Å². The molecule has 0 aliphatic carbocycles. The molecule has 1 aromatic rings. The van der Waals surface area contributed by atoms with E-state index in [4.69, 9.17) is 0 Å². The predicted molar refractivity (Wildman–Crippen MR) is 80.5 cm³/mol. The molecule has 2 amide bonds. The van der Waals surface area contributed by atoms with E-state index in [9.17, 15) is 14.0 Å². The van der Waals surface area contributed by atoms with Crippen molar-refractivity contribution in [3.63, 3.8) is 0 Å². The fraction of sp³-hybridized carbons (Fsp3) is 0.429. The summed E-state index contributed by atoms with van der Waals surface area (Å²) in [5.41, 5.74) is 0.218. The number of hydrogen-bond donors (Lipinski definition) is 3. The Kier molecular flexibility index (Phi) is 5.69. The second kappa shape index (κ2) is 7.51. The van der Waals surface area contributed by atoms with Crippen molar-refractivity contribution < 1.29 is 14.0 Å². The van der Waals surface area contributed by atoms with Crippen LogP contribution in [0.1, 0.15) is 23.2 Å². The van der Waals surface area contributed by atoms with Gasteiger partial charge in [0.15, 0.2) is 0 Å². The molecule has 1 heterocycles. The lowest BCUT2D eigenvalue weighted by molar-refractivity contribution is -0.121. The van der Waals surface area contributed by atoms with Crippen LogP contribution in [0.4, 0.5) is 4.39 Å². The molecule has 1 unspecified atom stereocenters. The third-order valence-electron chi connectivity index (χ3n) is 3.24. The Morgan fingerprint density at radius 2 is 2.24 bits per heavy atom. The van der Waals surface area contributed by atoms with Gasteiger partial charge in [-0.25, -0.2) is 4.39 Å². The van der Waals surface area contributed by atoms with Gasteiger partial charge in [0.25, 0.3) is 5.91 Å². The van der Waals surface area contributed by atoms with Gasteiger partial charge in [0.2, 0.25) is 5.91 Å². The van der Waals surface area contributed by atoms with Crippen LogP contribution in [-0.4, -0.2) is 37.5 Å². The summed E-state index contributed by atoms with van der Waals surface area (Å²) in [6, 6.07) is 4.07. The molecule has 0 radical (unpaired) electrons. The summed E-state index contributed by atoms with van der Waals surface area (Å²) in [6.45, 7) is 1.91. The van der Waals surface area contributed by atoms with E-state index in [0.29, 0.717) is 4.47 Å². The van der Waals surface area contributed by atoms with Gasteiger partial charge in [0, 0.05) is 30.0 Å². The Labute approximate surface area is 130 Å². The number of hydrogen-bond acceptors (Lipinski definition) is 3. The van der Waals surface area contributed by atoms with Crippen molar-refractivity contribution >= 4 is 27.7 Å². The van der Waals surface area contributed by atoms with Crippen LogP contribution in [0, 0.1) is 5.82 Å². The van der Waals surface area contributed by atoms with Gasteiger partial charge in [-0.05, 0) is 47.1 Å². The van der Waals surface area contributed by atoms with Crippen molar-refractivity contribution in [2.45, 2.75) is 18.9 Å². The number of carbonyl (C=O) groups is 2. The summed E-state index contributed by atoms with van der Waals surface area (Å²) in [6.07, 6.45) is 1.13. The van der Waals surface area contributed by atoms with E-state index in [2.05, 4.69) is 31.9 Å². The van der Waals surface area contributed by atoms with Crippen LogP contribution in [-0.2, 0) is 4.79 Å². The van der Waals surface area contributed by atoms with E-state index in [1.807, 2.05) is 0 Å². The predicted octanol–water partition coefficient (Wildman–Crippen LogP) is 1.19. The molecule has 1 aromatic carbocycles. The number of nitrogens with one attached hydrogen (secondary N) is 3. The van der Waals surface area contributed by atoms with E-state index in [0.717, 1.165) is 25.6 Å². The number of carbonyl (C=O) groups excluding carboxylic acids is 2. The summed E-state index contributed by atoms with van der Waals surface area (Å²) in [7, 11) is 0. The summed E-state index contributed by atoms with van der Waals surface area (Å²) in [5.74, 6) is -0.978. The Hall–Kier alpha value is -1.47. The maximum Gasteiger partial charge on any atom is 0.252 e. The molecular weight excluding hydrogens is 341 g/mol. The molecule has 1 fully saturated rings. The van der Waals surface area contributed by atoms with Gasteiger partial charge >= 0.3 is 0 Å². The van der Waals surface area contributed by atoms with Gasteiger partial charge in [0.05, 0.1) is 5.56 Å². The van der Waals surface area contributed by atoms with Crippen LogP contribution in [0.5, 0.6) is 0 Å². The largest absolute Gasteiger partial charge is 0.352 e. The molecule has 21 heavy (non-hydrogen) atoms. The number of halogens is 2. The minimum absolute atomic E-state index is 0.0951. The highest BCUT2D eigenvalue weighted by Gasteiger charge is 2.16. The van der Waals surface area contributed by atoms with Gasteiger partial charge in [-0.3, -0.25) is 9.59 Å². The first kappa shape index (κ1) is 15.9. The summed E-state index contributed by atoms with van der Waals surface area (Å²) in [5, 5.41) is 8.66. The topological polar surface area (TPSA) is 70.2 Å². The molecule has 1 saturated heterocycles. The lowest BCUT2D eigenvalue weighted by Gasteiger charge is -2.11. The summed E-state index contributed by atoms with van der Waals surface area (Å²) < 4.78 is 13.6. The first-order valence-corrected chi connectivity index (χ1v) is 7.59. The normalized spacial score (nSPS) is 17.5. The average Bonchev–Trinajstić information content (AvgIpc) is 2.94. The smallest absolute Gasteiger partial charge is 0.252 e. The van der Waals surface area contributed by atoms with E-state index in [1.54, 1.807) is 0 Å². The highest BCUT2D eigenvalue weighted by Crippen LogP contribution is 2.17. The van der Waals surface area contributed by atoms with E-state index in [1.165, 1.54) is 12.1 Å². The van der Waals surface area contributed by atoms with Gasteiger partial charge in [-0.15, -0.1) is 0 Å². The van der Waals surface area contributed by atoms with Crippen molar-refractivity contribution in [2.75, 3.05) is 19.6 Å². The van der Waals surface area contributed by atoms with Gasteiger partial charge < -0.3 is 16.0 Å². The van der Waals surface area contributed by atoms with Crippen molar-refractivity contribution in [1.82, 2.24) is 16.0 Å². The third-order valence-corrected chi connectivity index (χ3v) is 3.93. The van der Waals surface area contributed by atoms with E-state index >= 15 is 0 Å². The first-order chi connectivity index (χ1) is 10.1. The standard InChI is InChI=1S/C14H17BrFN3O2/c15-12-2-1-9(16)7-11(12)14(21)18-6-4-13(20)19-10-3-5-17-8-10/h1-2,7,10,17H,3-6,8H2,(H,18,21)(H,19,20). The molecule has 5 nitrogen and oxygen atoms in total. The lowest BCUT2D eigenvalue weighted by atomic mass is 10.2. The SMILES string of the molecule is O=C(CCNC(=O)c1cc(F)ccc1Br)NC1CCNC1. The molecule has 0 spiro atoms. The highest BCUT2D eigenvalue weighted by molar-refractivity contribution is 9.10. The Bertz CT molecular complexity index is 533. The maximum absolute atomic E-state index is 13.1. The Morgan fingerprint density at radius 1 is 1.43 bits per heavy atom.